The Bertz CT molecular complexity index is 852. The van der Waals surface area contributed by atoms with E-state index < -0.39 is 18.1 Å². The summed E-state index contributed by atoms with van der Waals surface area (Å²) in [7, 11) is 0. The molecule has 1 atom stereocenters. The van der Waals surface area contributed by atoms with Crippen molar-refractivity contribution in [3.05, 3.63) is 17.8 Å². The van der Waals surface area contributed by atoms with Crippen LogP contribution in [0.4, 0.5) is 19.0 Å². The third-order valence-corrected chi connectivity index (χ3v) is 6.42. The van der Waals surface area contributed by atoms with Crippen LogP contribution in [0.1, 0.15) is 76.1 Å². The molecule has 6 nitrogen and oxygen atoms in total. The SMILES string of the molecule is CC(C)N(c1nn(C2=CCC(C(F)(F)F)CC2)cc1C(=O)O)C(=O)[C@H]1CC[C@H](C)CC1. The van der Waals surface area contributed by atoms with Gasteiger partial charge in [0.15, 0.2) is 5.82 Å². The predicted octanol–water partition coefficient (Wildman–Crippen LogP) is 5.35. The maximum absolute atomic E-state index is 13.3. The first-order valence-electron chi connectivity index (χ1n) is 10.9. The molecular formula is C22H30F3N3O3. The maximum atomic E-state index is 13.3. The Morgan fingerprint density at radius 2 is 1.84 bits per heavy atom. The highest BCUT2D eigenvalue weighted by Crippen LogP contribution is 2.38. The first-order valence-corrected chi connectivity index (χ1v) is 10.9. The molecule has 1 aromatic heterocycles. The van der Waals surface area contributed by atoms with Crippen LogP contribution < -0.4 is 4.90 Å². The van der Waals surface area contributed by atoms with Gasteiger partial charge in [0.1, 0.15) is 5.56 Å². The molecule has 1 N–H and O–H groups in total. The molecule has 2 aliphatic carbocycles. The number of anilines is 1. The van der Waals surface area contributed by atoms with Gasteiger partial charge in [0.25, 0.3) is 0 Å². The molecule has 0 aromatic carbocycles. The highest BCUT2D eigenvalue weighted by Gasteiger charge is 2.40. The Morgan fingerprint density at radius 1 is 1.19 bits per heavy atom. The number of nitrogens with zero attached hydrogens (tertiary/aromatic N) is 3. The molecule has 0 aliphatic heterocycles. The largest absolute Gasteiger partial charge is 0.477 e. The summed E-state index contributed by atoms with van der Waals surface area (Å²) in [4.78, 5) is 26.7. The molecule has 0 radical (unpaired) electrons. The number of aromatic carboxylic acids is 1. The number of alkyl halides is 3. The van der Waals surface area contributed by atoms with E-state index in [4.69, 9.17) is 0 Å². The van der Waals surface area contributed by atoms with Gasteiger partial charge in [0.05, 0.1) is 5.92 Å². The number of hydrogen-bond donors (Lipinski definition) is 1. The summed E-state index contributed by atoms with van der Waals surface area (Å²) in [5.74, 6) is -2.29. The summed E-state index contributed by atoms with van der Waals surface area (Å²) in [6.07, 6.45) is 1.86. The number of hydrogen-bond acceptors (Lipinski definition) is 3. The van der Waals surface area contributed by atoms with Crippen molar-refractivity contribution in [1.29, 1.82) is 0 Å². The maximum Gasteiger partial charge on any atom is 0.392 e. The molecule has 9 heteroatoms. The number of allylic oxidation sites excluding steroid dienone is 2. The van der Waals surface area contributed by atoms with Crippen LogP contribution in [0, 0.1) is 17.8 Å². The van der Waals surface area contributed by atoms with Gasteiger partial charge in [-0.25, -0.2) is 9.48 Å². The average Bonchev–Trinajstić information content (AvgIpc) is 3.13. The van der Waals surface area contributed by atoms with Crippen LogP contribution in [0.15, 0.2) is 12.3 Å². The molecule has 0 bridgehead atoms. The van der Waals surface area contributed by atoms with Crippen molar-refractivity contribution in [2.75, 3.05) is 4.90 Å². The fourth-order valence-electron chi connectivity index (χ4n) is 4.47. The van der Waals surface area contributed by atoms with Gasteiger partial charge in [-0.05, 0) is 64.7 Å². The zero-order valence-corrected chi connectivity index (χ0v) is 18.2. The van der Waals surface area contributed by atoms with Crippen LogP contribution in [-0.2, 0) is 4.79 Å². The van der Waals surface area contributed by atoms with Gasteiger partial charge >= 0.3 is 12.1 Å². The minimum absolute atomic E-state index is 0.0602. The number of carboxylic acid groups (broad SMARTS) is 1. The third kappa shape index (κ3) is 5.13. The molecule has 1 saturated carbocycles. The molecule has 0 spiro atoms. The minimum atomic E-state index is -4.25. The van der Waals surface area contributed by atoms with Crippen molar-refractivity contribution in [3.8, 4) is 0 Å². The highest BCUT2D eigenvalue weighted by molar-refractivity contribution is 6.01. The van der Waals surface area contributed by atoms with Gasteiger partial charge in [-0.2, -0.15) is 13.2 Å². The second-order valence-electron chi connectivity index (χ2n) is 9.08. The number of rotatable bonds is 5. The molecule has 2 aliphatic rings. The van der Waals surface area contributed by atoms with Crippen molar-refractivity contribution in [2.24, 2.45) is 17.8 Å². The summed E-state index contributed by atoms with van der Waals surface area (Å²) in [5.41, 5.74) is 0.405. The van der Waals surface area contributed by atoms with Crippen LogP contribution >= 0.6 is 0 Å². The molecular weight excluding hydrogens is 411 g/mol. The standard InChI is InChI=1S/C22H30F3N3O3/c1-13(2)28(20(29)15-6-4-14(3)5-7-15)19-18(21(30)31)12-27(26-19)17-10-8-16(9-11-17)22(23,24)25/h10,12-16H,4-9,11H2,1-3H3,(H,30,31)/t14-,15-,16?. The lowest BCUT2D eigenvalue weighted by Crippen LogP contribution is -2.43. The summed E-state index contributed by atoms with van der Waals surface area (Å²) in [5, 5.41) is 14.1. The van der Waals surface area contributed by atoms with Gasteiger partial charge in [-0.1, -0.05) is 13.0 Å². The Labute approximate surface area is 180 Å². The number of aromatic nitrogens is 2. The fourth-order valence-corrected chi connectivity index (χ4v) is 4.47. The Hall–Kier alpha value is -2.32. The molecule has 1 amide bonds. The first kappa shape index (κ1) is 23.3. The molecule has 1 aromatic rings. The second-order valence-corrected chi connectivity index (χ2v) is 9.08. The number of carboxylic acids is 1. The van der Waals surface area contributed by atoms with E-state index in [0.29, 0.717) is 11.6 Å². The topological polar surface area (TPSA) is 75.4 Å². The molecule has 31 heavy (non-hydrogen) atoms. The lowest BCUT2D eigenvalue weighted by molar-refractivity contribution is -0.175. The zero-order valence-electron chi connectivity index (χ0n) is 18.2. The van der Waals surface area contributed by atoms with Gasteiger partial charge < -0.3 is 5.11 Å². The van der Waals surface area contributed by atoms with Gasteiger partial charge in [0, 0.05) is 23.9 Å². The second kappa shape index (κ2) is 9.04. The van der Waals surface area contributed by atoms with E-state index in [1.807, 2.05) is 13.8 Å². The van der Waals surface area contributed by atoms with Crippen molar-refractivity contribution in [2.45, 2.75) is 77.9 Å². The van der Waals surface area contributed by atoms with Crippen molar-refractivity contribution >= 4 is 23.4 Å². The first-order chi connectivity index (χ1) is 14.5. The zero-order chi connectivity index (χ0) is 22.9. The van der Waals surface area contributed by atoms with Gasteiger partial charge in [-0.3, -0.25) is 9.69 Å². The van der Waals surface area contributed by atoms with Gasteiger partial charge in [-0.15, -0.1) is 5.10 Å². The lowest BCUT2D eigenvalue weighted by Gasteiger charge is -2.32. The smallest absolute Gasteiger partial charge is 0.392 e. The average molecular weight is 441 g/mol. The number of amides is 1. The fraction of sp³-hybridized carbons (Fsp3) is 0.682. The highest BCUT2D eigenvalue weighted by atomic mass is 19.4. The summed E-state index contributed by atoms with van der Waals surface area (Å²) in [6, 6.07) is -0.303. The van der Waals surface area contributed by atoms with E-state index >= 15 is 0 Å². The van der Waals surface area contributed by atoms with Crippen LogP contribution in [0.3, 0.4) is 0 Å². The summed E-state index contributed by atoms with van der Waals surface area (Å²) in [6.45, 7) is 5.77. The summed E-state index contributed by atoms with van der Waals surface area (Å²) >= 11 is 0. The van der Waals surface area contributed by atoms with E-state index in [0.717, 1.165) is 25.7 Å². The van der Waals surface area contributed by atoms with Crippen LogP contribution in [0.25, 0.3) is 5.70 Å². The minimum Gasteiger partial charge on any atom is -0.477 e. The molecule has 3 rings (SSSR count). The van der Waals surface area contributed by atoms with Crippen molar-refractivity contribution in [3.63, 3.8) is 0 Å². The van der Waals surface area contributed by atoms with Crippen molar-refractivity contribution in [1.82, 2.24) is 9.78 Å². The number of carbonyl (C=O) groups is 2. The van der Waals surface area contributed by atoms with E-state index in [1.54, 1.807) is 0 Å². The third-order valence-electron chi connectivity index (χ3n) is 6.42. The monoisotopic (exact) mass is 441 g/mol. The summed E-state index contributed by atoms with van der Waals surface area (Å²) < 4.78 is 40.2. The van der Waals surface area contributed by atoms with E-state index in [9.17, 15) is 27.9 Å². The molecule has 1 unspecified atom stereocenters. The quantitative estimate of drug-likeness (QED) is 0.668. The predicted molar refractivity (Wildman–Crippen MR) is 111 cm³/mol. The lowest BCUT2D eigenvalue weighted by atomic mass is 9.82. The Kier molecular flexibility index (Phi) is 6.81. The van der Waals surface area contributed by atoms with Crippen LogP contribution in [0.5, 0.6) is 0 Å². The molecule has 172 valence electrons. The number of carbonyl (C=O) groups excluding carboxylic acids is 1. The molecule has 1 heterocycles. The number of halogens is 3. The Balaban J connectivity index is 1.90. The molecule has 1 fully saturated rings. The molecule has 0 saturated heterocycles. The van der Waals surface area contributed by atoms with E-state index in [2.05, 4.69) is 12.0 Å². The van der Waals surface area contributed by atoms with E-state index in [-0.39, 0.29) is 48.5 Å². The van der Waals surface area contributed by atoms with Crippen molar-refractivity contribution < 1.29 is 27.9 Å². The van der Waals surface area contributed by atoms with E-state index in [1.165, 1.54) is 21.9 Å². The Morgan fingerprint density at radius 3 is 2.32 bits per heavy atom. The van der Waals surface area contributed by atoms with Crippen LogP contribution in [0.2, 0.25) is 0 Å². The van der Waals surface area contributed by atoms with Gasteiger partial charge in [0.2, 0.25) is 5.91 Å². The van der Waals surface area contributed by atoms with Crippen LogP contribution in [-0.4, -0.2) is 39.0 Å². The normalized spacial score (nSPS) is 24.7.